The maximum absolute atomic E-state index is 13.1. The largest absolute Gasteiger partial charge is 0.472 e. The lowest BCUT2D eigenvalue weighted by Gasteiger charge is -2.21. The molecule has 0 saturated heterocycles. The lowest BCUT2D eigenvalue weighted by atomic mass is 10.1. The van der Waals surface area contributed by atoms with Gasteiger partial charge in [0.05, 0.1) is 26.4 Å². The third-order valence-corrected chi connectivity index (χ3v) is 18.9. The van der Waals surface area contributed by atoms with Crippen molar-refractivity contribution in [1.82, 2.24) is 0 Å². The second kappa shape index (κ2) is 79.8. The maximum atomic E-state index is 13.1. The molecule has 0 radical (unpaired) electrons. The van der Waals surface area contributed by atoms with Crippen molar-refractivity contribution < 1.29 is 80.2 Å². The van der Waals surface area contributed by atoms with Gasteiger partial charge in [-0.05, 0) is 154 Å². The van der Waals surface area contributed by atoms with E-state index in [0.717, 1.165) is 186 Å². The molecule has 0 aromatic heterocycles. The second-order valence-electron chi connectivity index (χ2n) is 27.3. The lowest BCUT2D eigenvalue weighted by Crippen LogP contribution is -2.30. The third-order valence-electron chi connectivity index (χ3n) is 17.0. The van der Waals surface area contributed by atoms with Gasteiger partial charge in [0.1, 0.15) is 19.3 Å². The van der Waals surface area contributed by atoms with Crippen LogP contribution in [0.4, 0.5) is 0 Å². The number of esters is 4. The first-order valence-electron chi connectivity index (χ1n) is 41.7. The van der Waals surface area contributed by atoms with E-state index in [1.807, 2.05) is 0 Å². The van der Waals surface area contributed by atoms with Crippen LogP contribution in [0.2, 0.25) is 0 Å². The van der Waals surface area contributed by atoms with Crippen LogP contribution in [0.25, 0.3) is 0 Å². The molecule has 0 aromatic carbocycles. The molecule has 0 fully saturated rings. The van der Waals surface area contributed by atoms with Gasteiger partial charge in [-0.3, -0.25) is 37.3 Å². The normalized spacial score (nSPS) is 14.6. The number of unbranched alkanes of at least 4 members (excludes halogenated alkanes) is 25. The van der Waals surface area contributed by atoms with E-state index in [-0.39, 0.29) is 25.7 Å². The van der Waals surface area contributed by atoms with Crippen molar-refractivity contribution in [3.05, 3.63) is 158 Å². The molecule has 0 aliphatic heterocycles. The van der Waals surface area contributed by atoms with Crippen molar-refractivity contribution in [1.29, 1.82) is 0 Å². The van der Waals surface area contributed by atoms with Gasteiger partial charge in [-0.2, -0.15) is 0 Å². The van der Waals surface area contributed by atoms with E-state index in [9.17, 15) is 43.2 Å². The van der Waals surface area contributed by atoms with Gasteiger partial charge in [-0.25, -0.2) is 9.13 Å². The zero-order valence-corrected chi connectivity index (χ0v) is 69.3. The molecule has 0 aromatic rings. The molecule has 0 rings (SSSR count). The number of ether oxygens (including phenoxy) is 4. The molecular weight excluding hydrogens is 1400 g/mol. The smallest absolute Gasteiger partial charge is 0.462 e. The summed E-state index contributed by atoms with van der Waals surface area (Å²) in [6.45, 7) is 4.54. The highest BCUT2D eigenvalue weighted by molar-refractivity contribution is 7.47. The number of aliphatic hydroxyl groups is 1. The molecule has 19 heteroatoms. The average Bonchev–Trinajstić information content (AvgIpc) is 0.917. The Hall–Kier alpha value is -5.32. The van der Waals surface area contributed by atoms with Crippen molar-refractivity contribution in [2.24, 2.45) is 0 Å². The monoisotopic (exact) mass is 1550 g/mol. The van der Waals surface area contributed by atoms with Crippen LogP contribution in [0, 0.1) is 0 Å². The van der Waals surface area contributed by atoms with Gasteiger partial charge in [0.25, 0.3) is 0 Å². The van der Waals surface area contributed by atoms with Crippen molar-refractivity contribution in [3.8, 4) is 0 Å². The summed E-state index contributed by atoms with van der Waals surface area (Å²) in [5, 5.41) is 10.7. The molecule has 5 unspecified atom stereocenters. The van der Waals surface area contributed by atoms with Gasteiger partial charge in [0, 0.05) is 25.7 Å². The van der Waals surface area contributed by atoms with Gasteiger partial charge >= 0.3 is 39.5 Å². The number of aliphatic hydroxyl groups excluding tert-OH is 1. The van der Waals surface area contributed by atoms with Crippen LogP contribution in [0.3, 0.4) is 0 Å². The fourth-order valence-electron chi connectivity index (χ4n) is 10.7. The molecule has 0 heterocycles. The number of allylic oxidation sites excluding steroid dienone is 26. The first kappa shape index (κ1) is 103. The first-order valence-corrected chi connectivity index (χ1v) is 44.7. The molecule has 5 atom stereocenters. The summed E-state index contributed by atoms with van der Waals surface area (Å²) >= 11 is 0. The number of rotatable bonds is 77. The Balaban J connectivity index is 5.42. The highest BCUT2D eigenvalue weighted by Gasteiger charge is 2.30. The molecule has 108 heavy (non-hydrogen) atoms. The van der Waals surface area contributed by atoms with E-state index < -0.39 is 97.5 Å². The summed E-state index contributed by atoms with van der Waals surface area (Å²) in [4.78, 5) is 73.1. The molecule has 616 valence electrons. The third kappa shape index (κ3) is 78.8. The van der Waals surface area contributed by atoms with Crippen molar-refractivity contribution in [2.75, 3.05) is 39.6 Å². The van der Waals surface area contributed by atoms with E-state index >= 15 is 0 Å². The number of phosphoric acid groups is 2. The number of carbonyl (C=O) groups is 4. The molecule has 0 bridgehead atoms. The molecule has 0 spiro atoms. The Morgan fingerprint density at radius 1 is 0.269 bits per heavy atom. The van der Waals surface area contributed by atoms with Crippen LogP contribution in [0.5, 0.6) is 0 Å². The number of phosphoric ester groups is 2. The summed E-state index contributed by atoms with van der Waals surface area (Å²) in [6.07, 6.45) is 93.6. The van der Waals surface area contributed by atoms with Gasteiger partial charge in [-0.1, -0.05) is 301 Å². The summed E-state index contributed by atoms with van der Waals surface area (Å²) in [6, 6.07) is 0. The van der Waals surface area contributed by atoms with Crippen LogP contribution in [-0.2, 0) is 65.4 Å². The van der Waals surface area contributed by atoms with Crippen molar-refractivity contribution in [2.45, 2.75) is 341 Å². The minimum atomic E-state index is -5.00. The highest BCUT2D eigenvalue weighted by atomic mass is 31.2. The molecule has 0 aliphatic rings. The molecule has 3 N–H and O–H groups in total. The predicted molar refractivity (Wildman–Crippen MR) is 445 cm³/mol. The zero-order chi connectivity index (χ0) is 78.9. The standard InChI is InChI=1S/C89H148O17P2/c1-5-9-13-17-21-25-29-32-35-38-41-44-47-50-54-57-61-65-69-73-86(91)99-79-84(105-88(93)75-71-67-63-59-53-28-24-20-16-12-8-4)81-103-107(95,96)101-77-83(90)78-102-108(97,98)104-82-85(106-89(94)76-72-68-64-60-56-52-49-46-43-40-37-34-31-27-23-19-15-11-7-3)80-100-87(92)74-70-66-62-58-55-51-48-45-42-39-36-33-30-26-22-18-14-10-6-2/h10-11,14-15,21-23,25-27,32-37,41-46,51-52,55-56,83-85,90H,5-9,12-13,16-20,24,28-31,38-40,47-50,53-54,57-82H2,1-4H3,(H,95,96)(H,97,98)/b14-10-,15-11-,25-21-,26-22-,27-23-,35-32-,36-33-,37-34-,44-41-,45-42-,46-43-,55-51-,56-52-. The number of carbonyl (C=O) groups excluding carboxylic acids is 4. The van der Waals surface area contributed by atoms with Gasteiger partial charge in [0.15, 0.2) is 12.2 Å². The SMILES string of the molecule is CC/C=C\C/C=C\C/C=C\C/C=C\C/C=C\CCCCCC(=O)OCC(COP(=O)(O)OCC(O)COP(=O)(O)OCC(COC(=O)CCCCCCCC/C=C\C/C=C\C/C=C\CCCCC)OC(=O)CCCCCCCCCCCCC)OC(=O)CCCCC/C=C\C/C=C\C/C=C\C/C=C\C/C=C\CC. The summed E-state index contributed by atoms with van der Waals surface area (Å²) in [5.74, 6) is -2.26. The summed E-state index contributed by atoms with van der Waals surface area (Å²) in [7, 11) is -9.99. The van der Waals surface area contributed by atoms with Gasteiger partial charge < -0.3 is 33.8 Å². The Labute approximate surface area is 655 Å². The predicted octanol–water partition coefficient (Wildman–Crippen LogP) is 24.8. The van der Waals surface area contributed by atoms with Gasteiger partial charge in [-0.15, -0.1) is 0 Å². The first-order chi connectivity index (χ1) is 52.7. The van der Waals surface area contributed by atoms with Crippen LogP contribution in [0.15, 0.2) is 158 Å². The van der Waals surface area contributed by atoms with Crippen LogP contribution in [-0.4, -0.2) is 96.7 Å². The fraction of sp³-hybridized carbons (Fsp3) is 0.663. The van der Waals surface area contributed by atoms with E-state index in [1.54, 1.807) is 0 Å². The number of hydrogen-bond donors (Lipinski definition) is 3. The number of hydrogen-bond acceptors (Lipinski definition) is 15. The maximum Gasteiger partial charge on any atom is 0.472 e. The lowest BCUT2D eigenvalue weighted by molar-refractivity contribution is -0.161. The topological polar surface area (TPSA) is 237 Å². The Bertz CT molecular complexity index is 2660. The fourth-order valence-corrected chi connectivity index (χ4v) is 12.3. The summed E-state index contributed by atoms with van der Waals surface area (Å²) in [5.41, 5.74) is 0. The Morgan fingerprint density at radius 3 is 0.769 bits per heavy atom. The van der Waals surface area contributed by atoms with E-state index in [4.69, 9.17) is 37.0 Å². The molecular formula is C89H148O17P2. The minimum absolute atomic E-state index is 0.0429. The van der Waals surface area contributed by atoms with E-state index in [2.05, 4.69) is 186 Å². The van der Waals surface area contributed by atoms with Crippen LogP contribution in [0.1, 0.15) is 323 Å². The van der Waals surface area contributed by atoms with Crippen molar-refractivity contribution in [3.63, 3.8) is 0 Å². The molecule has 17 nitrogen and oxygen atoms in total. The van der Waals surface area contributed by atoms with E-state index in [1.165, 1.54) is 57.8 Å². The highest BCUT2D eigenvalue weighted by Crippen LogP contribution is 2.45. The summed E-state index contributed by atoms with van der Waals surface area (Å²) < 4.78 is 68.7. The molecule has 0 saturated carbocycles. The quantitative estimate of drug-likeness (QED) is 0.0169. The Morgan fingerprint density at radius 2 is 0.481 bits per heavy atom. The second-order valence-corrected chi connectivity index (χ2v) is 30.2. The average molecular weight is 1550 g/mol. The van der Waals surface area contributed by atoms with Crippen LogP contribution >= 0.6 is 15.6 Å². The van der Waals surface area contributed by atoms with Gasteiger partial charge in [0.2, 0.25) is 0 Å². The Kier molecular flexibility index (Phi) is 75.8. The molecule has 0 aliphatic carbocycles. The zero-order valence-electron chi connectivity index (χ0n) is 67.5. The van der Waals surface area contributed by atoms with Crippen LogP contribution < -0.4 is 0 Å². The van der Waals surface area contributed by atoms with E-state index in [0.29, 0.717) is 25.7 Å². The van der Waals surface area contributed by atoms with Crippen molar-refractivity contribution >= 4 is 39.5 Å². The minimum Gasteiger partial charge on any atom is -0.462 e. The molecule has 0 amide bonds.